The smallest absolute Gasteiger partial charge is 0.265 e. The van der Waals surface area contributed by atoms with Crippen molar-refractivity contribution in [2.45, 2.75) is 26.9 Å². The second kappa shape index (κ2) is 7.50. The first-order valence-corrected chi connectivity index (χ1v) is 7.36. The number of nitrogens with one attached hydrogen (secondary N) is 1. The van der Waals surface area contributed by atoms with Gasteiger partial charge in [0.2, 0.25) is 0 Å². The molecule has 4 nitrogen and oxygen atoms in total. The number of para-hydroxylation sites is 3. The quantitative estimate of drug-likeness (QED) is 0.882. The van der Waals surface area contributed by atoms with Gasteiger partial charge in [-0.1, -0.05) is 30.3 Å². The molecule has 1 atom stereocenters. The van der Waals surface area contributed by atoms with E-state index in [1.54, 1.807) is 6.92 Å². The van der Waals surface area contributed by atoms with E-state index in [0.717, 1.165) is 5.56 Å². The summed E-state index contributed by atoms with van der Waals surface area (Å²) in [5, 5.41) is 2.85. The molecule has 0 spiro atoms. The highest BCUT2D eigenvalue weighted by Gasteiger charge is 2.17. The van der Waals surface area contributed by atoms with Gasteiger partial charge in [-0.2, -0.15) is 0 Å². The van der Waals surface area contributed by atoms with Gasteiger partial charge in [-0.25, -0.2) is 0 Å². The molecule has 0 heterocycles. The lowest BCUT2D eigenvalue weighted by molar-refractivity contribution is -0.122. The predicted molar refractivity (Wildman–Crippen MR) is 87.5 cm³/mol. The van der Waals surface area contributed by atoms with E-state index in [2.05, 4.69) is 5.32 Å². The van der Waals surface area contributed by atoms with Gasteiger partial charge >= 0.3 is 0 Å². The number of carbonyl (C=O) groups is 1. The maximum Gasteiger partial charge on any atom is 0.265 e. The molecule has 0 radical (unpaired) electrons. The molecule has 4 heteroatoms. The van der Waals surface area contributed by atoms with Crippen LogP contribution < -0.4 is 14.8 Å². The van der Waals surface area contributed by atoms with E-state index in [0.29, 0.717) is 23.8 Å². The van der Waals surface area contributed by atoms with Crippen LogP contribution in [0.3, 0.4) is 0 Å². The predicted octanol–water partition coefficient (Wildman–Crippen LogP) is 3.80. The van der Waals surface area contributed by atoms with Crippen LogP contribution in [-0.4, -0.2) is 18.6 Å². The summed E-state index contributed by atoms with van der Waals surface area (Å²) in [7, 11) is 0. The zero-order chi connectivity index (χ0) is 15.9. The van der Waals surface area contributed by atoms with E-state index in [-0.39, 0.29) is 5.91 Å². The first kappa shape index (κ1) is 15.9. The third-order valence-electron chi connectivity index (χ3n) is 3.21. The zero-order valence-electron chi connectivity index (χ0n) is 13.1. The van der Waals surface area contributed by atoms with E-state index in [1.165, 1.54) is 0 Å². The number of amides is 1. The molecule has 2 aromatic carbocycles. The van der Waals surface area contributed by atoms with Crippen LogP contribution in [-0.2, 0) is 4.79 Å². The molecule has 22 heavy (non-hydrogen) atoms. The maximum atomic E-state index is 12.3. The lowest BCUT2D eigenvalue weighted by Gasteiger charge is -2.17. The third-order valence-corrected chi connectivity index (χ3v) is 3.21. The highest BCUT2D eigenvalue weighted by molar-refractivity contribution is 5.95. The normalized spacial score (nSPS) is 11.6. The summed E-state index contributed by atoms with van der Waals surface area (Å²) in [6.45, 7) is 6.13. The van der Waals surface area contributed by atoms with Crippen molar-refractivity contribution in [3.63, 3.8) is 0 Å². The second-order valence-corrected chi connectivity index (χ2v) is 4.94. The highest BCUT2D eigenvalue weighted by atomic mass is 16.5. The lowest BCUT2D eigenvalue weighted by Crippen LogP contribution is -2.30. The Kier molecular flexibility index (Phi) is 5.42. The molecule has 1 amide bonds. The van der Waals surface area contributed by atoms with Gasteiger partial charge in [-0.05, 0) is 44.5 Å². The monoisotopic (exact) mass is 299 g/mol. The number of anilines is 1. The molecular formula is C18H21NO3. The SMILES string of the molecule is CCOc1ccccc1NC(=O)[C@@H](C)Oc1ccccc1C. The molecule has 1 N–H and O–H groups in total. The van der Waals surface area contributed by atoms with Crippen molar-refractivity contribution in [1.29, 1.82) is 0 Å². The van der Waals surface area contributed by atoms with Crippen LogP contribution in [0.2, 0.25) is 0 Å². The van der Waals surface area contributed by atoms with E-state index in [1.807, 2.05) is 62.4 Å². The standard InChI is InChI=1S/C18H21NO3/c1-4-21-17-12-8-6-10-15(17)19-18(20)14(3)22-16-11-7-5-9-13(16)2/h5-12,14H,4H2,1-3H3,(H,19,20)/t14-/m1/s1. The van der Waals surface area contributed by atoms with Crippen LogP contribution in [0.5, 0.6) is 11.5 Å². The first-order valence-electron chi connectivity index (χ1n) is 7.36. The van der Waals surface area contributed by atoms with Gasteiger partial charge in [0.15, 0.2) is 6.10 Å². The topological polar surface area (TPSA) is 47.6 Å². The van der Waals surface area contributed by atoms with Crippen molar-refractivity contribution in [2.75, 3.05) is 11.9 Å². The van der Waals surface area contributed by atoms with Gasteiger partial charge < -0.3 is 14.8 Å². The molecule has 2 aromatic rings. The van der Waals surface area contributed by atoms with Crippen molar-refractivity contribution in [3.8, 4) is 11.5 Å². The van der Waals surface area contributed by atoms with Crippen LogP contribution in [0.1, 0.15) is 19.4 Å². The minimum atomic E-state index is -0.601. The van der Waals surface area contributed by atoms with Crippen LogP contribution in [0, 0.1) is 6.92 Å². The molecule has 0 aliphatic heterocycles. The molecule has 0 bridgehead atoms. The number of carbonyl (C=O) groups excluding carboxylic acids is 1. The molecule has 0 aromatic heterocycles. The second-order valence-electron chi connectivity index (χ2n) is 4.94. The van der Waals surface area contributed by atoms with Gasteiger partial charge in [0.1, 0.15) is 11.5 Å². The number of hydrogen-bond acceptors (Lipinski definition) is 3. The first-order chi connectivity index (χ1) is 10.6. The number of ether oxygens (including phenoxy) is 2. The number of hydrogen-bond donors (Lipinski definition) is 1. The van der Waals surface area contributed by atoms with E-state index < -0.39 is 6.10 Å². The Morgan fingerprint density at radius 2 is 1.73 bits per heavy atom. The molecule has 116 valence electrons. The number of aryl methyl sites for hydroxylation is 1. The fourth-order valence-corrected chi connectivity index (χ4v) is 2.02. The van der Waals surface area contributed by atoms with E-state index in [4.69, 9.17) is 9.47 Å². The summed E-state index contributed by atoms with van der Waals surface area (Å²) in [6.07, 6.45) is -0.601. The van der Waals surface area contributed by atoms with Crippen molar-refractivity contribution in [3.05, 3.63) is 54.1 Å². The molecule has 0 aliphatic rings. The minimum absolute atomic E-state index is 0.213. The van der Waals surface area contributed by atoms with Gasteiger partial charge in [-0.3, -0.25) is 4.79 Å². The molecule has 0 saturated heterocycles. The Balaban J connectivity index is 2.04. The van der Waals surface area contributed by atoms with Crippen molar-refractivity contribution in [2.24, 2.45) is 0 Å². The van der Waals surface area contributed by atoms with E-state index in [9.17, 15) is 4.79 Å². The Hall–Kier alpha value is -2.49. The van der Waals surface area contributed by atoms with Crippen molar-refractivity contribution < 1.29 is 14.3 Å². The minimum Gasteiger partial charge on any atom is -0.492 e. The Morgan fingerprint density at radius 3 is 2.41 bits per heavy atom. The van der Waals surface area contributed by atoms with Crippen LogP contribution in [0.4, 0.5) is 5.69 Å². The third kappa shape index (κ3) is 4.01. The average Bonchev–Trinajstić information content (AvgIpc) is 2.51. The van der Waals surface area contributed by atoms with Crippen LogP contribution in [0.25, 0.3) is 0 Å². The Morgan fingerprint density at radius 1 is 1.09 bits per heavy atom. The fourth-order valence-electron chi connectivity index (χ4n) is 2.02. The summed E-state index contributed by atoms with van der Waals surface area (Å²) in [5.41, 5.74) is 1.64. The maximum absolute atomic E-state index is 12.3. The van der Waals surface area contributed by atoms with Gasteiger partial charge in [-0.15, -0.1) is 0 Å². The Bertz CT molecular complexity index is 640. The summed E-state index contributed by atoms with van der Waals surface area (Å²) in [6, 6.07) is 15.0. The van der Waals surface area contributed by atoms with Gasteiger partial charge in [0, 0.05) is 0 Å². The summed E-state index contributed by atoms with van der Waals surface area (Å²) in [5.74, 6) is 1.15. The van der Waals surface area contributed by atoms with Crippen molar-refractivity contribution >= 4 is 11.6 Å². The number of rotatable bonds is 6. The highest BCUT2D eigenvalue weighted by Crippen LogP contribution is 2.24. The molecule has 2 rings (SSSR count). The van der Waals surface area contributed by atoms with Gasteiger partial charge in [0.25, 0.3) is 5.91 Å². The van der Waals surface area contributed by atoms with Crippen LogP contribution >= 0.6 is 0 Å². The summed E-state index contributed by atoms with van der Waals surface area (Å²) in [4.78, 5) is 12.3. The Labute approximate surface area is 131 Å². The van der Waals surface area contributed by atoms with Crippen molar-refractivity contribution in [1.82, 2.24) is 0 Å². The molecule has 0 fully saturated rings. The zero-order valence-corrected chi connectivity index (χ0v) is 13.1. The lowest BCUT2D eigenvalue weighted by atomic mass is 10.2. The number of benzene rings is 2. The molecule has 0 unspecified atom stereocenters. The fraction of sp³-hybridized carbons (Fsp3) is 0.278. The van der Waals surface area contributed by atoms with Gasteiger partial charge in [0.05, 0.1) is 12.3 Å². The molecule has 0 saturated carbocycles. The summed E-state index contributed by atoms with van der Waals surface area (Å²) < 4.78 is 11.2. The van der Waals surface area contributed by atoms with Crippen LogP contribution in [0.15, 0.2) is 48.5 Å². The summed E-state index contributed by atoms with van der Waals surface area (Å²) >= 11 is 0. The van der Waals surface area contributed by atoms with E-state index >= 15 is 0 Å². The molecular weight excluding hydrogens is 278 g/mol. The molecule has 0 aliphatic carbocycles. The largest absolute Gasteiger partial charge is 0.492 e. The average molecular weight is 299 g/mol.